The average molecular weight is 420 g/mol. The highest BCUT2D eigenvalue weighted by Gasteiger charge is 2.27. The number of ketones is 1. The third kappa shape index (κ3) is 4.22. The second-order valence-electron chi connectivity index (χ2n) is 9.07. The van der Waals surface area contributed by atoms with Gasteiger partial charge in [0.05, 0.1) is 10.9 Å². The van der Waals surface area contributed by atoms with Crippen molar-refractivity contribution in [2.45, 2.75) is 69.2 Å². The Morgan fingerprint density at radius 3 is 2.40 bits per heavy atom. The van der Waals surface area contributed by atoms with Crippen LogP contribution in [-0.2, 0) is 10.2 Å². The van der Waals surface area contributed by atoms with E-state index in [0.717, 1.165) is 47.1 Å². The lowest BCUT2D eigenvalue weighted by Gasteiger charge is -2.21. The molecule has 3 aromatic rings. The number of hydrogen-bond acceptors (Lipinski definition) is 4. The van der Waals surface area contributed by atoms with E-state index < -0.39 is 0 Å². The topological polar surface area (TPSA) is 47.8 Å². The molecule has 1 fully saturated rings. The van der Waals surface area contributed by atoms with Crippen LogP contribution in [0.2, 0.25) is 0 Å². The first kappa shape index (κ1) is 20.9. The maximum atomic E-state index is 12.4. The van der Waals surface area contributed by atoms with Gasteiger partial charge in [0.1, 0.15) is 5.78 Å². The van der Waals surface area contributed by atoms with Crippen LogP contribution in [0.5, 0.6) is 0 Å². The molecule has 0 N–H and O–H groups in total. The van der Waals surface area contributed by atoms with Gasteiger partial charge in [0.15, 0.2) is 11.0 Å². The Balaban J connectivity index is 1.78. The fourth-order valence-corrected chi connectivity index (χ4v) is 5.05. The van der Waals surface area contributed by atoms with Gasteiger partial charge >= 0.3 is 0 Å². The number of rotatable bonds is 4. The fourth-order valence-electron chi connectivity index (χ4n) is 3.89. The number of aromatic nitrogens is 3. The quantitative estimate of drug-likeness (QED) is 0.509. The molecule has 2 aromatic carbocycles. The van der Waals surface area contributed by atoms with Gasteiger partial charge in [0.2, 0.25) is 0 Å². The first-order valence-corrected chi connectivity index (χ1v) is 11.5. The van der Waals surface area contributed by atoms with Gasteiger partial charge < -0.3 is 0 Å². The summed E-state index contributed by atoms with van der Waals surface area (Å²) in [7, 11) is 0. The predicted octanol–water partition coefficient (Wildman–Crippen LogP) is 6.14. The molecule has 1 atom stereocenters. The molecule has 4 rings (SSSR count). The molecule has 156 valence electrons. The Hall–Kier alpha value is -2.40. The second-order valence-corrected chi connectivity index (χ2v) is 10.2. The number of benzene rings is 2. The fraction of sp³-hybridized carbons (Fsp3) is 0.400. The number of hydrogen-bond donors (Lipinski definition) is 0. The van der Waals surface area contributed by atoms with E-state index in [-0.39, 0.29) is 10.7 Å². The van der Waals surface area contributed by atoms with Gasteiger partial charge in [-0.3, -0.25) is 9.36 Å². The van der Waals surface area contributed by atoms with Gasteiger partial charge in [-0.25, -0.2) is 0 Å². The molecule has 1 saturated carbocycles. The molecule has 5 heteroatoms. The summed E-state index contributed by atoms with van der Waals surface area (Å²) in [6.07, 6.45) is 3.70. The van der Waals surface area contributed by atoms with E-state index in [1.54, 1.807) is 11.8 Å². The molecule has 0 saturated heterocycles. The number of para-hydroxylation sites is 1. The highest BCUT2D eigenvalue weighted by molar-refractivity contribution is 8.00. The molecule has 1 aliphatic rings. The van der Waals surface area contributed by atoms with E-state index >= 15 is 0 Å². The molecule has 0 aliphatic heterocycles. The molecule has 1 aliphatic carbocycles. The van der Waals surface area contributed by atoms with Crippen LogP contribution in [0.15, 0.2) is 53.7 Å². The summed E-state index contributed by atoms with van der Waals surface area (Å²) >= 11 is 1.57. The number of aryl methyl sites for hydroxylation is 1. The van der Waals surface area contributed by atoms with Crippen LogP contribution < -0.4 is 0 Å². The highest BCUT2D eigenvalue weighted by atomic mass is 32.2. The Morgan fingerprint density at radius 2 is 1.73 bits per heavy atom. The zero-order valence-corrected chi connectivity index (χ0v) is 19.0. The van der Waals surface area contributed by atoms with E-state index in [9.17, 15) is 4.79 Å². The van der Waals surface area contributed by atoms with Crippen molar-refractivity contribution in [1.82, 2.24) is 14.8 Å². The Kier molecular flexibility index (Phi) is 5.83. The van der Waals surface area contributed by atoms with E-state index in [1.807, 2.05) is 12.1 Å². The molecule has 0 radical (unpaired) electrons. The number of nitrogens with zero attached hydrogens (tertiary/aromatic N) is 3. The molecule has 1 heterocycles. The zero-order chi connectivity index (χ0) is 21.3. The molecule has 0 amide bonds. The number of carbonyl (C=O) groups excluding carboxylic acids is 1. The normalized spacial score (nSPS) is 17.3. The average Bonchev–Trinajstić information content (AvgIpc) is 3.13. The van der Waals surface area contributed by atoms with Crippen LogP contribution in [0.3, 0.4) is 0 Å². The van der Waals surface area contributed by atoms with Crippen molar-refractivity contribution < 1.29 is 4.79 Å². The van der Waals surface area contributed by atoms with Crippen molar-refractivity contribution in [3.8, 4) is 17.1 Å². The van der Waals surface area contributed by atoms with Crippen LogP contribution in [-0.4, -0.2) is 25.8 Å². The summed E-state index contributed by atoms with van der Waals surface area (Å²) in [5.74, 6) is 1.15. The molecular weight excluding hydrogens is 390 g/mol. The van der Waals surface area contributed by atoms with Crippen molar-refractivity contribution in [3.63, 3.8) is 0 Å². The lowest BCUT2D eigenvalue weighted by Crippen LogP contribution is -2.21. The molecule has 0 bridgehead atoms. The lowest BCUT2D eigenvalue weighted by molar-refractivity contribution is -0.119. The summed E-state index contributed by atoms with van der Waals surface area (Å²) in [5.41, 5.74) is 4.63. The van der Waals surface area contributed by atoms with Gasteiger partial charge in [0.25, 0.3) is 0 Å². The van der Waals surface area contributed by atoms with Crippen molar-refractivity contribution in [2.24, 2.45) is 0 Å². The van der Waals surface area contributed by atoms with Crippen molar-refractivity contribution in [1.29, 1.82) is 0 Å². The lowest BCUT2D eigenvalue weighted by atomic mass is 9.87. The minimum Gasteiger partial charge on any atom is -0.298 e. The molecular formula is C25H29N3OS. The highest BCUT2D eigenvalue weighted by Crippen LogP contribution is 2.35. The summed E-state index contributed by atoms with van der Waals surface area (Å²) in [6.45, 7) is 8.75. The molecule has 4 nitrogen and oxygen atoms in total. The maximum Gasteiger partial charge on any atom is 0.196 e. The Bertz CT molecular complexity index is 1050. The third-order valence-corrected chi connectivity index (χ3v) is 7.00. The van der Waals surface area contributed by atoms with Crippen LogP contribution in [0, 0.1) is 6.92 Å². The smallest absolute Gasteiger partial charge is 0.196 e. The summed E-state index contributed by atoms with van der Waals surface area (Å²) in [4.78, 5) is 12.4. The minimum absolute atomic E-state index is 0.0261. The Morgan fingerprint density at radius 1 is 1.00 bits per heavy atom. The molecule has 0 spiro atoms. The van der Waals surface area contributed by atoms with Crippen LogP contribution in [0.1, 0.15) is 57.6 Å². The van der Waals surface area contributed by atoms with Gasteiger partial charge in [-0.2, -0.15) is 0 Å². The second kappa shape index (κ2) is 8.38. The van der Waals surface area contributed by atoms with E-state index in [4.69, 9.17) is 0 Å². The minimum atomic E-state index is -0.0261. The predicted molar refractivity (Wildman–Crippen MR) is 123 cm³/mol. The molecule has 1 aromatic heterocycles. The first-order valence-electron chi connectivity index (χ1n) is 10.7. The van der Waals surface area contributed by atoms with Crippen LogP contribution >= 0.6 is 11.8 Å². The number of thioether (sulfide) groups is 1. The molecule has 30 heavy (non-hydrogen) atoms. The van der Waals surface area contributed by atoms with E-state index in [2.05, 4.69) is 78.9 Å². The third-order valence-electron chi connectivity index (χ3n) is 5.75. The standard InChI is InChI=1S/C25H29N3OS/c1-17-9-5-6-10-20(17)28-23(18-13-15-19(16-14-18)25(2,3)4)26-27-24(28)30-22-12-8-7-11-21(22)29/h5-6,9-10,13-16,22H,7-8,11-12H2,1-4H3. The largest absolute Gasteiger partial charge is 0.298 e. The van der Waals surface area contributed by atoms with Crippen molar-refractivity contribution in [3.05, 3.63) is 59.7 Å². The number of Topliss-reactive ketones (excluding diaryl/α,β-unsaturated/α-hetero) is 1. The first-order chi connectivity index (χ1) is 14.3. The summed E-state index contributed by atoms with van der Waals surface area (Å²) in [6, 6.07) is 16.9. The summed E-state index contributed by atoms with van der Waals surface area (Å²) in [5, 5.41) is 9.87. The van der Waals surface area contributed by atoms with Crippen LogP contribution in [0.25, 0.3) is 17.1 Å². The van der Waals surface area contributed by atoms with Gasteiger partial charge in [-0.1, -0.05) is 81.4 Å². The van der Waals surface area contributed by atoms with Crippen LogP contribution in [0.4, 0.5) is 0 Å². The van der Waals surface area contributed by atoms with Gasteiger partial charge in [-0.05, 0) is 42.4 Å². The number of carbonyl (C=O) groups is 1. The monoisotopic (exact) mass is 419 g/mol. The molecule has 1 unspecified atom stereocenters. The van der Waals surface area contributed by atoms with Gasteiger partial charge in [0, 0.05) is 12.0 Å². The maximum absolute atomic E-state index is 12.4. The van der Waals surface area contributed by atoms with Crippen molar-refractivity contribution in [2.75, 3.05) is 0 Å². The summed E-state index contributed by atoms with van der Waals surface area (Å²) < 4.78 is 2.12. The van der Waals surface area contributed by atoms with E-state index in [1.165, 1.54) is 5.56 Å². The SMILES string of the molecule is Cc1ccccc1-n1c(SC2CCCCC2=O)nnc1-c1ccc(C(C)(C)C)cc1. The van der Waals surface area contributed by atoms with Gasteiger partial charge in [-0.15, -0.1) is 10.2 Å². The zero-order valence-electron chi connectivity index (χ0n) is 18.2. The Labute approximate surface area is 183 Å². The van der Waals surface area contributed by atoms with E-state index in [0.29, 0.717) is 12.2 Å². The van der Waals surface area contributed by atoms with Crippen molar-refractivity contribution >= 4 is 17.5 Å².